The molecule has 1 fully saturated rings. The van der Waals surface area contributed by atoms with Crippen LogP contribution in [-0.4, -0.2) is 60.5 Å². The molecule has 0 unspecified atom stereocenters. The van der Waals surface area contributed by atoms with Crippen molar-refractivity contribution in [2.75, 3.05) is 19.8 Å². The van der Waals surface area contributed by atoms with Gasteiger partial charge < -0.3 is 14.4 Å². The Morgan fingerprint density at radius 2 is 2.13 bits per heavy atom. The molecule has 23 heavy (non-hydrogen) atoms. The van der Waals surface area contributed by atoms with E-state index in [0.29, 0.717) is 25.1 Å². The Labute approximate surface area is 134 Å². The first kappa shape index (κ1) is 17.5. The molecule has 1 aromatic heterocycles. The predicted molar refractivity (Wildman–Crippen MR) is 81.5 cm³/mol. The number of carbonyl (C=O) groups is 2. The van der Waals surface area contributed by atoms with Crippen molar-refractivity contribution in [3.05, 3.63) is 23.2 Å². The largest absolute Gasteiger partial charge is 0.478 e. The zero-order valence-electron chi connectivity index (χ0n) is 13.3. The number of likely N-dealkylation sites (N-methyl/N-ethyl adjacent to an activating group) is 1. The van der Waals surface area contributed by atoms with Gasteiger partial charge >= 0.3 is 5.97 Å². The minimum Gasteiger partial charge on any atom is -0.478 e. The lowest BCUT2D eigenvalue weighted by Crippen LogP contribution is -2.45. The van der Waals surface area contributed by atoms with Crippen LogP contribution < -0.4 is 0 Å². The van der Waals surface area contributed by atoms with Gasteiger partial charge in [0.2, 0.25) is 15.9 Å². The lowest BCUT2D eigenvalue weighted by Gasteiger charge is -2.25. The topological polar surface area (TPSA) is 108 Å². The molecule has 2 heterocycles. The first-order chi connectivity index (χ1) is 10.6. The van der Waals surface area contributed by atoms with Crippen molar-refractivity contribution < 1.29 is 27.5 Å². The van der Waals surface area contributed by atoms with Crippen LogP contribution in [0.1, 0.15) is 34.7 Å². The number of carbonyl (C=O) groups excluding carboxylic acids is 1. The fraction of sp³-hybridized carbons (Fsp3) is 0.571. The number of nitrogens with zero attached hydrogens (tertiary/aromatic N) is 2. The molecule has 0 bridgehead atoms. The summed E-state index contributed by atoms with van der Waals surface area (Å²) in [5.41, 5.74) is 0.0551. The van der Waals surface area contributed by atoms with E-state index in [-0.39, 0.29) is 23.8 Å². The molecule has 1 aliphatic rings. The Hall–Kier alpha value is -1.87. The molecule has 0 aliphatic carbocycles. The van der Waals surface area contributed by atoms with Crippen molar-refractivity contribution >= 4 is 21.9 Å². The molecule has 1 N–H and O–H groups in total. The molecule has 0 spiro atoms. The highest BCUT2D eigenvalue weighted by Crippen LogP contribution is 2.23. The molecular formula is C14H20N2O6S. The van der Waals surface area contributed by atoms with Crippen LogP contribution in [0.2, 0.25) is 0 Å². The Morgan fingerprint density at radius 1 is 1.48 bits per heavy atom. The Morgan fingerprint density at radius 3 is 2.65 bits per heavy atom. The van der Waals surface area contributed by atoms with E-state index in [1.807, 2.05) is 0 Å². The number of aromatic carboxylic acids is 1. The van der Waals surface area contributed by atoms with E-state index in [2.05, 4.69) is 0 Å². The normalized spacial score (nSPS) is 19.0. The van der Waals surface area contributed by atoms with Crippen LogP contribution in [0.3, 0.4) is 0 Å². The zero-order valence-corrected chi connectivity index (χ0v) is 14.1. The van der Waals surface area contributed by atoms with Crippen molar-refractivity contribution in [3.8, 4) is 0 Å². The van der Waals surface area contributed by atoms with Crippen molar-refractivity contribution in [1.29, 1.82) is 0 Å². The van der Waals surface area contributed by atoms with E-state index in [9.17, 15) is 18.0 Å². The van der Waals surface area contributed by atoms with E-state index in [1.165, 1.54) is 22.2 Å². The van der Waals surface area contributed by atoms with Gasteiger partial charge in [-0.15, -0.1) is 0 Å². The first-order valence-electron chi connectivity index (χ1n) is 7.15. The van der Waals surface area contributed by atoms with E-state index >= 15 is 0 Å². The summed E-state index contributed by atoms with van der Waals surface area (Å²) in [6, 6.07) is 0.676. The minimum absolute atomic E-state index is 0.0551. The molecule has 0 aromatic carbocycles. The van der Waals surface area contributed by atoms with Gasteiger partial charge in [-0.1, -0.05) is 0 Å². The summed E-state index contributed by atoms with van der Waals surface area (Å²) in [7, 11) is -1.89. The van der Waals surface area contributed by atoms with Gasteiger partial charge in [-0.3, -0.25) is 4.79 Å². The first-order valence-corrected chi connectivity index (χ1v) is 9.00. The maximum Gasteiger partial charge on any atom is 0.339 e. The predicted octanol–water partition coefficient (Wildman–Crippen LogP) is 0.669. The maximum absolute atomic E-state index is 12.5. The summed E-state index contributed by atoms with van der Waals surface area (Å²) < 4.78 is 30.0. The number of sulfonamides is 1. The molecule has 128 valence electrons. The molecule has 1 atom stereocenters. The highest BCUT2D eigenvalue weighted by atomic mass is 32.2. The third-order valence-corrected chi connectivity index (χ3v) is 5.17. The molecule has 1 amide bonds. The summed E-state index contributed by atoms with van der Waals surface area (Å²) in [6.45, 7) is 1.96. The maximum atomic E-state index is 12.5. The highest BCUT2D eigenvalue weighted by Gasteiger charge is 2.38. The third kappa shape index (κ3) is 3.73. The number of amides is 1. The molecule has 0 saturated carbocycles. The van der Waals surface area contributed by atoms with Crippen molar-refractivity contribution in [2.45, 2.75) is 32.4 Å². The van der Waals surface area contributed by atoms with Crippen LogP contribution in [0.5, 0.6) is 0 Å². The van der Waals surface area contributed by atoms with Gasteiger partial charge in [0.05, 0.1) is 12.8 Å². The van der Waals surface area contributed by atoms with Crippen molar-refractivity contribution in [3.63, 3.8) is 0 Å². The van der Waals surface area contributed by atoms with Gasteiger partial charge in [0, 0.05) is 13.6 Å². The van der Waals surface area contributed by atoms with Gasteiger partial charge in [-0.25, -0.2) is 13.2 Å². The van der Waals surface area contributed by atoms with Crippen LogP contribution in [0.15, 0.2) is 10.5 Å². The summed E-state index contributed by atoms with van der Waals surface area (Å²) in [5.74, 6) is -0.795. The molecule has 1 saturated heterocycles. The van der Waals surface area contributed by atoms with Crippen molar-refractivity contribution in [2.24, 2.45) is 0 Å². The van der Waals surface area contributed by atoms with Crippen LogP contribution in [-0.2, 0) is 21.4 Å². The lowest BCUT2D eigenvalue weighted by atomic mass is 10.2. The molecule has 1 aromatic rings. The van der Waals surface area contributed by atoms with Gasteiger partial charge in [0.15, 0.2) is 0 Å². The Kier molecular flexibility index (Phi) is 4.81. The standard InChI is InChI=1S/C14H20N2O6S/c1-9-11(14(18)19)7-10(22-9)8-15(2)13(17)12-5-4-6-16(12)23(3,20)21/h7,12H,4-6,8H2,1-3H3,(H,18,19)/t12-/m0/s1. The van der Waals surface area contributed by atoms with Crippen LogP contribution in [0, 0.1) is 6.92 Å². The second-order valence-corrected chi connectivity index (χ2v) is 7.65. The fourth-order valence-electron chi connectivity index (χ4n) is 2.78. The number of furan rings is 1. The molecule has 2 rings (SSSR count). The van der Waals surface area contributed by atoms with Crippen LogP contribution in [0.4, 0.5) is 0 Å². The average Bonchev–Trinajstić information content (AvgIpc) is 3.03. The number of hydrogen-bond donors (Lipinski definition) is 1. The third-order valence-electron chi connectivity index (χ3n) is 3.88. The van der Waals surface area contributed by atoms with Gasteiger partial charge in [0.25, 0.3) is 0 Å². The summed E-state index contributed by atoms with van der Waals surface area (Å²) in [4.78, 5) is 24.9. The number of carboxylic acids is 1. The highest BCUT2D eigenvalue weighted by molar-refractivity contribution is 7.88. The monoisotopic (exact) mass is 344 g/mol. The SMILES string of the molecule is Cc1oc(CN(C)C(=O)[C@@H]2CCCN2S(C)(=O)=O)cc1C(=O)O. The molecule has 9 heteroatoms. The Bertz CT molecular complexity index is 724. The number of aryl methyl sites for hydroxylation is 1. The van der Waals surface area contributed by atoms with E-state index in [0.717, 1.165) is 6.26 Å². The fourth-order valence-corrected chi connectivity index (χ4v) is 3.90. The van der Waals surface area contributed by atoms with E-state index in [1.54, 1.807) is 7.05 Å². The van der Waals surface area contributed by atoms with E-state index < -0.39 is 22.0 Å². The van der Waals surface area contributed by atoms with Gasteiger partial charge in [0.1, 0.15) is 23.1 Å². The number of hydrogen-bond acceptors (Lipinski definition) is 5. The molecule has 0 radical (unpaired) electrons. The summed E-state index contributed by atoms with van der Waals surface area (Å²) in [6.07, 6.45) is 2.21. The van der Waals surface area contributed by atoms with Gasteiger partial charge in [-0.05, 0) is 25.8 Å². The van der Waals surface area contributed by atoms with E-state index in [4.69, 9.17) is 9.52 Å². The van der Waals surface area contributed by atoms with Crippen LogP contribution in [0.25, 0.3) is 0 Å². The quantitative estimate of drug-likeness (QED) is 0.841. The number of carboxylic acid groups (broad SMARTS) is 1. The average molecular weight is 344 g/mol. The lowest BCUT2D eigenvalue weighted by molar-refractivity contribution is -0.134. The molecule has 1 aliphatic heterocycles. The summed E-state index contributed by atoms with van der Waals surface area (Å²) in [5, 5.41) is 9.01. The van der Waals surface area contributed by atoms with Crippen LogP contribution >= 0.6 is 0 Å². The second-order valence-electron chi connectivity index (χ2n) is 5.71. The molecular weight excluding hydrogens is 324 g/mol. The zero-order chi connectivity index (χ0) is 17.4. The minimum atomic E-state index is -3.43. The number of rotatable bonds is 5. The Balaban J connectivity index is 2.11. The summed E-state index contributed by atoms with van der Waals surface area (Å²) >= 11 is 0. The van der Waals surface area contributed by atoms with Crippen molar-refractivity contribution in [1.82, 2.24) is 9.21 Å². The van der Waals surface area contributed by atoms with Gasteiger partial charge in [-0.2, -0.15) is 4.31 Å². The second kappa shape index (κ2) is 6.32. The smallest absolute Gasteiger partial charge is 0.339 e. The molecule has 8 nitrogen and oxygen atoms in total.